The van der Waals surface area contributed by atoms with Crippen LogP contribution in [0.2, 0.25) is 0 Å². The van der Waals surface area contributed by atoms with Crippen molar-refractivity contribution in [2.24, 2.45) is 35.5 Å². The summed E-state index contributed by atoms with van der Waals surface area (Å²) < 4.78 is 0. The van der Waals surface area contributed by atoms with E-state index < -0.39 is 12.2 Å². The number of hydrogen-bond donors (Lipinski definition) is 2. The molecule has 8 atom stereocenters. The van der Waals surface area contributed by atoms with Crippen LogP contribution in [-0.4, -0.2) is 22.4 Å². The molecule has 0 aliphatic heterocycles. The maximum atomic E-state index is 10.1. The summed E-state index contributed by atoms with van der Waals surface area (Å²) in [5, 5.41) is 19.8. The van der Waals surface area contributed by atoms with Crippen molar-refractivity contribution in [1.82, 2.24) is 0 Å². The number of rotatable bonds is 0. The zero-order valence-corrected chi connectivity index (χ0v) is 8.34. The smallest absolute Gasteiger partial charge is 0.0832 e. The molecule has 0 aromatic heterocycles. The first-order valence-corrected chi connectivity index (χ1v) is 6.13. The van der Waals surface area contributed by atoms with Gasteiger partial charge in [0.2, 0.25) is 0 Å². The second-order valence-electron chi connectivity index (χ2n) is 6.00. The summed E-state index contributed by atoms with van der Waals surface area (Å²) >= 11 is 0. The summed E-state index contributed by atoms with van der Waals surface area (Å²) in [6, 6.07) is 0. The lowest BCUT2D eigenvalue weighted by Crippen LogP contribution is -2.45. The number of aliphatic hydroxyl groups excluding tert-OH is 2. The molecule has 0 aromatic carbocycles. The predicted molar refractivity (Wildman–Crippen MR) is 51.4 cm³/mol. The molecule has 8 unspecified atom stereocenters. The summed E-state index contributed by atoms with van der Waals surface area (Å²) in [5.74, 6) is 4.93. The van der Waals surface area contributed by atoms with E-state index in [1.54, 1.807) is 0 Å². The molecule has 0 saturated heterocycles. The van der Waals surface area contributed by atoms with Crippen molar-refractivity contribution in [3.05, 3.63) is 0 Å². The molecule has 14 heavy (non-hydrogen) atoms. The van der Waals surface area contributed by atoms with Gasteiger partial charge >= 0.3 is 0 Å². The molecule has 2 N–H and O–H groups in total. The summed E-state index contributed by atoms with van der Waals surface area (Å²) in [5.41, 5.74) is 0. The van der Waals surface area contributed by atoms with Gasteiger partial charge < -0.3 is 10.2 Å². The average molecular weight is 194 g/mol. The molecule has 4 aliphatic carbocycles. The fraction of sp³-hybridized carbons (Fsp3) is 1.00. The summed E-state index contributed by atoms with van der Waals surface area (Å²) in [6.45, 7) is 0. The van der Waals surface area contributed by atoms with Crippen LogP contribution in [0.4, 0.5) is 0 Å². The molecule has 0 heterocycles. The maximum absolute atomic E-state index is 10.1. The number of hydrogen-bond acceptors (Lipinski definition) is 2. The zero-order chi connectivity index (χ0) is 9.45. The van der Waals surface area contributed by atoms with Crippen molar-refractivity contribution in [2.45, 2.75) is 37.9 Å². The van der Waals surface area contributed by atoms with Gasteiger partial charge in [-0.15, -0.1) is 0 Å². The molecule has 0 bridgehead atoms. The van der Waals surface area contributed by atoms with E-state index in [-0.39, 0.29) is 0 Å². The fourth-order valence-corrected chi connectivity index (χ4v) is 4.70. The summed E-state index contributed by atoms with van der Waals surface area (Å²) in [6.07, 6.45) is 3.98. The largest absolute Gasteiger partial charge is 0.390 e. The highest BCUT2D eigenvalue weighted by Gasteiger charge is 2.67. The third kappa shape index (κ3) is 0.849. The van der Waals surface area contributed by atoms with Gasteiger partial charge in [0.05, 0.1) is 12.2 Å². The Labute approximate surface area is 84.3 Å². The second-order valence-corrected chi connectivity index (χ2v) is 6.00. The lowest BCUT2D eigenvalue weighted by molar-refractivity contribution is -0.0870. The Morgan fingerprint density at radius 3 is 2.21 bits per heavy atom. The first kappa shape index (κ1) is 8.12. The Bertz CT molecular complexity index is 277. The second kappa shape index (κ2) is 2.35. The molecule has 4 aliphatic rings. The topological polar surface area (TPSA) is 40.5 Å². The van der Waals surface area contributed by atoms with E-state index in [9.17, 15) is 10.2 Å². The molecule has 0 amide bonds. The van der Waals surface area contributed by atoms with Crippen molar-refractivity contribution in [1.29, 1.82) is 0 Å². The van der Waals surface area contributed by atoms with Crippen molar-refractivity contribution in [2.75, 3.05) is 0 Å². The minimum Gasteiger partial charge on any atom is -0.390 e. The molecule has 0 spiro atoms. The van der Waals surface area contributed by atoms with Gasteiger partial charge in [-0.3, -0.25) is 0 Å². The van der Waals surface area contributed by atoms with E-state index in [1.807, 2.05) is 0 Å². The Hall–Kier alpha value is -0.0800. The van der Waals surface area contributed by atoms with Gasteiger partial charge in [0.1, 0.15) is 0 Å². The molecular weight excluding hydrogens is 176 g/mol. The fourth-order valence-electron chi connectivity index (χ4n) is 4.70. The highest BCUT2D eigenvalue weighted by Crippen LogP contribution is 2.71. The van der Waals surface area contributed by atoms with E-state index in [4.69, 9.17) is 0 Å². The van der Waals surface area contributed by atoms with Crippen LogP contribution in [0.1, 0.15) is 25.7 Å². The van der Waals surface area contributed by atoms with Crippen molar-refractivity contribution >= 4 is 0 Å². The molecule has 4 fully saturated rings. The Kier molecular flexibility index (Phi) is 1.37. The van der Waals surface area contributed by atoms with Crippen LogP contribution in [0.25, 0.3) is 0 Å². The lowest BCUT2D eigenvalue weighted by Gasteiger charge is -2.41. The van der Waals surface area contributed by atoms with Crippen LogP contribution in [0.15, 0.2) is 0 Å². The van der Waals surface area contributed by atoms with Gasteiger partial charge in [-0.25, -0.2) is 0 Å². The Morgan fingerprint density at radius 2 is 1.36 bits per heavy atom. The minimum absolute atomic E-state index is 0.398. The van der Waals surface area contributed by atoms with Crippen LogP contribution < -0.4 is 0 Å². The van der Waals surface area contributed by atoms with Gasteiger partial charge in [0, 0.05) is 0 Å². The van der Waals surface area contributed by atoms with Crippen molar-refractivity contribution in [3.8, 4) is 0 Å². The van der Waals surface area contributed by atoms with E-state index >= 15 is 0 Å². The van der Waals surface area contributed by atoms with Crippen molar-refractivity contribution < 1.29 is 10.2 Å². The number of fused-ring (bicyclic) bond motifs is 6. The normalized spacial score (nSPS) is 69.0. The molecule has 78 valence electrons. The zero-order valence-electron chi connectivity index (χ0n) is 8.34. The van der Waals surface area contributed by atoms with Crippen molar-refractivity contribution in [3.63, 3.8) is 0 Å². The van der Waals surface area contributed by atoms with Crippen LogP contribution in [0.5, 0.6) is 0 Å². The molecule has 4 rings (SSSR count). The van der Waals surface area contributed by atoms with E-state index in [0.717, 1.165) is 36.0 Å². The van der Waals surface area contributed by atoms with E-state index in [0.29, 0.717) is 5.92 Å². The molecule has 0 radical (unpaired) electrons. The highest BCUT2D eigenvalue weighted by atomic mass is 16.3. The summed E-state index contributed by atoms with van der Waals surface area (Å²) in [4.78, 5) is 0. The standard InChI is InChI=1S/C12H18O2/c13-10-2-1-5-6-3-7(6)8-4-9(8)11(5)12(10)14/h5-14H,1-4H2. The SMILES string of the molecule is OC1CCC2C3CC3C3CC3C2C1O. The average Bonchev–Trinajstić information content (AvgIpc) is 2.98. The first-order chi connectivity index (χ1) is 6.77. The maximum Gasteiger partial charge on any atom is 0.0832 e. The highest BCUT2D eigenvalue weighted by molar-refractivity contribution is 5.15. The van der Waals surface area contributed by atoms with Gasteiger partial charge in [-0.2, -0.15) is 0 Å². The quantitative estimate of drug-likeness (QED) is 0.604. The predicted octanol–water partition coefficient (Wildman–Crippen LogP) is 1.02. The molecule has 2 nitrogen and oxygen atoms in total. The lowest BCUT2D eigenvalue weighted by atomic mass is 9.68. The van der Waals surface area contributed by atoms with Crippen LogP contribution >= 0.6 is 0 Å². The first-order valence-electron chi connectivity index (χ1n) is 6.13. The monoisotopic (exact) mass is 194 g/mol. The third-order valence-corrected chi connectivity index (χ3v) is 5.46. The van der Waals surface area contributed by atoms with Crippen LogP contribution in [0.3, 0.4) is 0 Å². The third-order valence-electron chi connectivity index (χ3n) is 5.46. The summed E-state index contributed by atoms with van der Waals surface area (Å²) in [7, 11) is 0. The van der Waals surface area contributed by atoms with Gasteiger partial charge in [-0.1, -0.05) is 0 Å². The molecule has 0 aromatic rings. The van der Waals surface area contributed by atoms with Crippen LogP contribution in [0, 0.1) is 35.5 Å². The number of aliphatic hydroxyl groups is 2. The van der Waals surface area contributed by atoms with E-state index in [2.05, 4.69) is 0 Å². The van der Waals surface area contributed by atoms with E-state index in [1.165, 1.54) is 19.3 Å². The Morgan fingerprint density at radius 1 is 0.714 bits per heavy atom. The molecule has 2 heteroatoms. The molecule has 4 saturated carbocycles. The van der Waals surface area contributed by atoms with Gasteiger partial charge in [0.15, 0.2) is 0 Å². The van der Waals surface area contributed by atoms with Crippen LogP contribution in [-0.2, 0) is 0 Å². The minimum atomic E-state index is -0.423. The van der Waals surface area contributed by atoms with Gasteiger partial charge in [0.25, 0.3) is 0 Å². The Balaban J connectivity index is 1.66. The van der Waals surface area contributed by atoms with Gasteiger partial charge in [-0.05, 0) is 61.2 Å². The molecular formula is C12H18O2.